The molecule has 0 spiro atoms. The van der Waals surface area contributed by atoms with Crippen molar-refractivity contribution in [3.63, 3.8) is 0 Å². The fraction of sp³-hybridized carbons (Fsp3) is 0.500. The first kappa shape index (κ1) is 18.2. The summed E-state index contributed by atoms with van der Waals surface area (Å²) in [5.74, 6) is -1.03. The minimum Gasteiger partial charge on any atom is -0.507 e. The molecule has 132 valence electrons. The number of carbonyl (C=O) groups excluding carboxylic acids is 2. The topological polar surface area (TPSA) is 90.3 Å². The summed E-state index contributed by atoms with van der Waals surface area (Å²) in [7, 11) is 0. The number of benzene rings is 1. The van der Waals surface area contributed by atoms with E-state index < -0.39 is 17.6 Å². The smallest absolute Gasteiger partial charge is 0.410 e. The lowest BCUT2D eigenvalue weighted by molar-refractivity contribution is 0.0140. The van der Waals surface area contributed by atoms with Gasteiger partial charge in [-0.25, -0.2) is 4.79 Å². The molecule has 0 aliphatic carbocycles. The van der Waals surface area contributed by atoms with Gasteiger partial charge in [0.1, 0.15) is 17.1 Å². The number of phenols is 2. The summed E-state index contributed by atoms with van der Waals surface area (Å²) >= 11 is 5.79. The van der Waals surface area contributed by atoms with Crippen LogP contribution in [-0.2, 0) is 4.74 Å². The lowest BCUT2D eigenvalue weighted by Gasteiger charge is -2.35. The molecular weight excluding hydrogens is 336 g/mol. The number of amides is 2. The van der Waals surface area contributed by atoms with Crippen LogP contribution < -0.4 is 0 Å². The second-order valence-corrected chi connectivity index (χ2v) is 6.99. The Morgan fingerprint density at radius 2 is 1.58 bits per heavy atom. The van der Waals surface area contributed by atoms with Gasteiger partial charge in [-0.1, -0.05) is 11.6 Å². The number of hydrogen-bond donors (Lipinski definition) is 2. The second-order valence-electron chi connectivity index (χ2n) is 6.58. The third-order valence-corrected chi connectivity index (χ3v) is 3.82. The third-order valence-electron chi connectivity index (χ3n) is 3.51. The highest BCUT2D eigenvalue weighted by Crippen LogP contribution is 2.31. The van der Waals surface area contributed by atoms with Crippen LogP contribution in [0.2, 0.25) is 5.02 Å². The van der Waals surface area contributed by atoms with Gasteiger partial charge in [0.05, 0.1) is 10.6 Å². The fourth-order valence-electron chi connectivity index (χ4n) is 2.31. The van der Waals surface area contributed by atoms with Crippen LogP contribution in [0.3, 0.4) is 0 Å². The number of aromatic hydroxyl groups is 2. The molecule has 8 heteroatoms. The predicted molar refractivity (Wildman–Crippen MR) is 88.5 cm³/mol. The Morgan fingerprint density at radius 1 is 1.04 bits per heavy atom. The van der Waals surface area contributed by atoms with Gasteiger partial charge < -0.3 is 24.7 Å². The maximum Gasteiger partial charge on any atom is 0.410 e. The van der Waals surface area contributed by atoms with Gasteiger partial charge in [0.2, 0.25) is 0 Å². The molecule has 1 aromatic rings. The minimum absolute atomic E-state index is 0.0106. The molecule has 0 saturated carbocycles. The summed E-state index contributed by atoms with van der Waals surface area (Å²) in [4.78, 5) is 27.5. The number of carbonyl (C=O) groups is 2. The largest absolute Gasteiger partial charge is 0.507 e. The number of nitrogens with zero attached hydrogens (tertiary/aromatic N) is 2. The van der Waals surface area contributed by atoms with E-state index in [2.05, 4.69) is 0 Å². The molecule has 7 nitrogen and oxygen atoms in total. The van der Waals surface area contributed by atoms with Gasteiger partial charge in [0, 0.05) is 32.2 Å². The standard InChI is InChI=1S/C16H21ClN2O5/c1-16(2,3)24-15(23)19-6-4-18(5-7-19)14(22)10-8-11(17)13(21)9-12(10)20/h8-9,20-21H,4-7H2,1-3H3. The van der Waals surface area contributed by atoms with Gasteiger partial charge in [-0.3, -0.25) is 4.79 Å². The lowest BCUT2D eigenvalue weighted by atomic mass is 10.1. The molecule has 1 aliphatic rings. The Hall–Kier alpha value is -2.15. The molecule has 2 N–H and O–H groups in total. The molecule has 2 amide bonds. The van der Waals surface area contributed by atoms with Crippen molar-refractivity contribution in [1.29, 1.82) is 0 Å². The van der Waals surface area contributed by atoms with Gasteiger partial charge in [-0.15, -0.1) is 0 Å². The van der Waals surface area contributed by atoms with E-state index in [1.807, 2.05) is 0 Å². The first-order valence-corrected chi connectivity index (χ1v) is 7.95. The van der Waals surface area contributed by atoms with Crippen LogP contribution >= 0.6 is 11.6 Å². The fourth-order valence-corrected chi connectivity index (χ4v) is 2.47. The Morgan fingerprint density at radius 3 is 2.12 bits per heavy atom. The van der Waals surface area contributed by atoms with Crippen molar-refractivity contribution in [2.24, 2.45) is 0 Å². The van der Waals surface area contributed by atoms with Crippen molar-refractivity contribution < 1.29 is 24.5 Å². The van der Waals surface area contributed by atoms with Gasteiger partial charge in [0.15, 0.2) is 0 Å². The van der Waals surface area contributed by atoms with E-state index in [0.717, 1.165) is 6.07 Å². The Kier molecular flexibility index (Phi) is 5.13. The van der Waals surface area contributed by atoms with Gasteiger partial charge in [-0.05, 0) is 26.8 Å². The van der Waals surface area contributed by atoms with Crippen LogP contribution in [0.5, 0.6) is 11.5 Å². The third kappa shape index (κ3) is 4.23. The summed E-state index contributed by atoms with van der Waals surface area (Å²) in [6.45, 7) is 6.69. The number of hydrogen-bond acceptors (Lipinski definition) is 5. The van der Waals surface area contributed by atoms with E-state index in [4.69, 9.17) is 16.3 Å². The van der Waals surface area contributed by atoms with Crippen LogP contribution in [0.1, 0.15) is 31.1 Å². The molecule has 2 rings (SSSR count). The average molecular weight is 357 g/mol. The summed E-state index contributed by atoms with van der Waals surface area (Å²) in [6, 6.07) is 2.27. The Balaban J connectivity index is 2.01. The maximum absolute atomic E-state index is 12.5. The quantitative estimate of drug-likeness (QED) is 0.806. The number of rotatable bonds is 1. The molecule has 1 aromatic carbocycles. The summed E-state index contributed by atoms with van der Waals surface area (Å²) in [6.07, 6.45) is -0.412. The number of phenolic OH excluding ortho intramolecular Hbond substituents is 2. The highest BCUT2D eigenvalue weighted by Gasteiger charge is 2.29. The number of halogens is 1. The van der Waals surface area contributed by atoms with E-state index in [1.54, 1.807) is 25.7 Å². The Labute approximate surface area is 145 Å². The minimum atomic E-state index is -0.571. The maximum atomic E-state index is 12.5. The lowest BCUT2D eigenvalue weighted by Crippen LogP contribution is -2.51. The molecule has 0 unspecified atom stereocenters. The van der Waals surface area contributed by atoms with E-state index in [9.17, 15) is 19.8 Å². The second kappa shape index (κ2) is 6.76. The first-order chi connectivity index (χ1) is 11.1. The molecule has 0 atom stereocenters. The van der Waals surface area contributed by atoms with Crippen LogP contribution in [0.15, 0.2) is 12.1 Å². The monoisotopic (exact) mass is 356 g/mol. The molecule has 1 fully saturated rings. The van der Waals surface area contributed by atoms with Crippen LogP contribution in [0, 0.1) is 0 Å². The first-order valence-electron chi connectivity index (χ1n) is 7.57. The molecule has 0 bridgehead atoms. The normalized spacial score (nSPS) is 15.3. The van der Waals surface area contributed by atoms with Crippen molar-refractivity contribution in [2.45, 2.75) is 26.4 Å². The highest BCUT2D eigenvalue weighted by molar-refractivity contribution is 6.32. The molecule has 1 saturated heterocycles. The zero-order chi connectivity index (χ0) is 18.1. The van der Waals surface area contributed by atoms with E-state index in [0.29, 0.717) is 26.2 Å². The molecule has 1 aliphatic heterocycles. The number of ether oxygens (including phenoxy) is 1. The van der Waals surface area contributed by atoms with E-state index >= 15 is 0 Å². The predicted octanol–water partition coefficient (Wildman–Crippen LogP) is 2.44. The number of piperazine rings is 1. The van der Waals surface area contributed by atoms with Crippen LogP contribution in [0.4, 0.5) is 4.79 Å². The highest BCUT2D eigenvalue weighted by atomic mass is 35.5. The van der Waals surface area contributed by atoms with Crippen molar-refractivity contribution in [1.82, 2.24) is 9.80 Å². The summed E-state index contributed by atoms with van der Waals surface area (Å²) < 4.78 is 5.30. The van der Waals surface area contributed by atoms with Crippen molar-refractivity contribution in [2.75, 3.05) is 26.2 Å². The van der Waals surface area contributed by atoms with Gasteiger partial charge in [-0.2, -0.15) is 0 Å². The van der Waals surface area contributed by atoms with Crippen molar-refractivity contribution in [3.05, 3.63) is 22.7 Å². The molecule has 0 radical (unpaired) electrons. The van der Waals surface area contributed by atoms with Gasteiger partial charge >= 0.3 is 6.09 Å². The molecular formula is C16H21ClN2O5. The van der Waals surface area contributed by atoms with Crippen molar-refractivity contribution >= 4 is 23.6 Å². The Bertz CT molecular complexity index is 649. The zero-order valence-electron chi connectivity index (χ0n) is 13.9. The van der Waals surface area contributed by atoms with Gasteiger partial charge in [0.25, 0.3) is 5.91 Å². The van der Waals surface area contributed by atoms with E-state index in [1.165, 1.54) is 11.0 Å². The molecule has 1 heterocycles. The van der Waals surface area contributed by atoms with Crippen molar-refractivity contribution in [3.8, 4) is 11.5 Å². The van der Waals surface area contributed by atoms with E-state index in [-0.39, 0.29) is 22.1 Å². The summed E-state index contributed by atoms with van der Waals surface area (Å²) in [5, 5.41) is 19.3. The molecule has 0 aromatic heterocycles. The average Bonchev–Trinajstić information content (AvgIpc) is 2.49. The zero-order valence-corrected chi connectivity index (χ0v) is 14.6. The molecule has 24 heavy (non-hydrogen) atoms. The van der Waals surface area contributed by atoms with Crippen LogP contribution in [0.25, 0.3) is 0 Å². The SMILES string of the molecule is CC(C)(C)OC(=O)N1CCN(C(=O)c2cc(Cl)c(O)cc2O)CC1. The van der Waals surface area contributed by atoms with Crippen LogP contribution in [-0.4, -0.2) is 63.8 Å². The summed E-state index contributed by atoms with van der Waals surface area (Å²) in [5.41, 5.74) is -0.554.